The minimum atomic E-state index is -0.466. The zero-order chi connectivity index (χ0) is 14.8. The van der Waals surface area contributed by atoms with Gasteiger partial charge in [-0.25, -0.2) is 0 Å². The van der Waals surface area contributed by atoms with Crippen molar-refractivity contribution in [3.05, 3.63) is 23.8 Å². The fourth-order valence-corrected chi connectivity index (χ4v) is 3.19. The summed E-state index contributed by atoms with van der Waals surface area (Å²) < 4.78 is 11.1. The van der Waals surface area contributed by atoms with Crippen LogP contribution in [0.25, 0.3) is 0 Å². The van der Waals surface area contributed by atoms with Gasteiger partial charge in [-0.05, 0) is 42.5 Å². The van der Waals surface area contributed by atoms with E-state index in [1.54, 1.807) is 0 Å². The van der Waals surface area contributed by atoms with Crippen LogP contribution in [0.5, 0.6) is 11.5 Å². The van der Waals surface area contributed by atoms with E-state index < -0.39 is 6.10 Å². The van der Waals surface area contributed by atoms with Gasteiger partial charge < -0.3 is 19.5 Å². The van der Waals surface area contributed by atoms with E-state index in [1.807, 2.05) is 18.2 Å². The highest BCUT2D eigenvalue weighted by atomic mass is 16.6. The number of aliphatic hydroxyl groups is 1. The Balaban J connectivity index is 1.62. The predicted molar refractivity (Wildman–Crippen MR) is 81.8 cm³/mol. The first-order valence-corrected chi connectivity index (χ1v) is 7.93. The van der Waals surface area contributed by atoms with Gasteiger partial charge in [-0.3, -0.25) is 0 Å². The minimum absolute atomic E-state index is 0.466. The minimum Gasteiger partial charge on any atom is -0.486 e. The second kappa shape index (κ2) is 6.24. The maximum absolute atomic E-state index is 10.5. The quantitative estimate of drug-likeness (QED) is 0.925. The van der Waals surface area contributed by atoms with Gasteiger partial charge in [0.05, 0.1) is 6.10 Å². The molecule has 0 saturated carbocycles. The molecule has 1 fully saturated rings. The molecule has 0 bridgehead atoms. The third-order valence-corrected chi connectivity index (χ3v) is 4.63. The molecule has 1 aromatic rings. The lowest BCUT2D eigenvalue weighted by Crippen LogP contribution is -2.27. The van der Waals surface area contributed by atoms with Crippen LogP contribution in [0.15, 0.2) is 18.2 Å². The molecule has 2 heterocycles. The maximum Gasteiger partial charge on any atom is 0.161 e. The lowest BCUT2D eigenvalue weighted by molar-refractivity contribution is 0.121. The zero-order valence-corrected chi connectivity index (χ0v) is 12.9. The zero-order valence-electron chi connectivity index (χ0n) is 12.9. The van der Waals surface area contributed by atoms with Crippen LogP contribution in [0.2, 0.25) is 0 Å². The van der Waals surface area contributed by atoms with E-state index in [-0.39, 0.29) is 0 Å². The van der Waals surface area contributed by atoms with Gasteiger partial charge in [0.2, 0.25) is 0 Å². The monoisotopic (exact) mass is 291 g/mol. The third-order valence-electron chi connectivity index (χ3n) is 4.63. The number of nitrogens with zero attached hydrogens (tertiary/aromatic N) is 1. The van der Waals surface area contributed by atoms with Gasteiger partial charge in [-0.1, -0.05) is 19.9 Å². The van der Waals surface area contributed by atoms with Crippen LogP contribution in [0.3, 0.4) is 0 Å². The summed E-state index contributed by atoms with van der Waals surface area (Å²) in [6.45, 7) is 8.62. The molecule has 3 rings (SSSR count). The van der Waals surface area contributed by atoms with Crippen LogP contribution in [0.1, 0.15) is 31.9 Å². The molecular formula is C17H25NO3. The second-order valence-electron chi connectivity index (χ2n) is 6.47. The third kappa shape index (κ3) is 3.33. The fourth-order valence-electron chi connectivity index (χ4n) is 3.19. The summed E-state index contributed by atoms with van der Waals surface area (Å²) in [4.78, 5) is 2.37. The highest BCUT2D eigenvalue weighted by molar-refractivity contribution is 5.44. The molecule has 0 radical (unpaired) electrons. The van der Waals surface area contributed by atoms with Crippen molar-refractivity contribution in [1.29, 1.82) is 0 Å². The Morgan fingerprint density at radius 1 is 1.24 bits per heavy atom. The molecule has 2 aliphatic heterocycles. The first kappa shape index (κ1) is 14.7. The number of aliphatic hydroxyl groups excluding tert-OH is 1. The first-order valence-electron chi connectivity index (χ1n) is 7.93. The molecule has 2 atom stereocenters. The normalized spacial score (nSPS) is 23.5. The smallest absolute Gasteiger partial charge is 0.161 e. The number of benzene rings is 1. The Labute approximate surface area is 126 Å². The molecule has 4 heteroatoms. The summed E-state index contributed by atoms with van der Waals surface area (Å²) in [7, 11) is 0. The molecule has 1 N–H and O–H groups in total. The highest BCUT2D eigenvalue weighted by Crippen LogP contribution is 2.33. The number of β-amino-alcohol motifs (C(OH)–C–C–N with tert-alkyl or cyclic N) is 1. The standard InChI is InChI=1S/C17H25NO3/c1-12(2)14-5-6-18(10-14)11-15(19)13-3-4-16-17(9-13)21-8-7-20-16/h3-4,9,12,14-15,19H,5-8,10-11H2,1-2H3. The fraction of sp³-hybridized carbons (Fsp3) is 0.647. The molecule has 1 saturated heterocycles. The summed E-state index contributed by atoms with van der Waals surface area (Å²) in [5, 5.41) is 10.5. The Bertz CT molecular complexity index is 489. The van der Waals surface area contributed by atoms with Crippen LogP contribution >= 0.6 is 0 Å². The van der Waals surface area contributed by atoms with Gasteiger partial charge >= 0.3 is 0 Å². The summed E-state index contributed by atoms with van der Waals surface area (Å²) in [5.74, 6) is 3.01. The molecule has 4 nitrogen and oxygen atoms in total. The Hall–Kier alpha value is -1.26. The highest BCUT2D eigenvalue weighted by Gasteiger charge is 2.26. The van der Waals surface area contributed by atoms with E-state index in [9.17, 15) is 5.11 Å². The van der Waals surface area contributed by atoms with Gasteiger partial charge in [-0.2, -0.15) is 0 Å². The van der Waals surface area contributed by atoms with Crippen LogP contribution in [-0.2, 0) is 0 Å². The SMILES string of the molecule is CC(C)C1CCN(CC(O)c2ccc3c(c2)OCCO3)C1. The average molecular weight is 291 g/mol. The molecule has 21 heavy (non-hydrogen) atoms. The van der Waals surface area contributed by atoms with Crippen molar-refractivity contribution < 1.29 is 14.6 Å². The van der Waals surface area contributed by atoms with Gasteiger partial charge in [0.25, 0.3) is 0 Å². The molecule has 0 spiro atoms. The van der Waals surface area contributed by atoms with Crippen molar-refractivity contribution in [2.45, 2.75) is 26.4 Å². The van der Waals surface area contributed by atoms with Gasteiger partial charge in [0.15, 0.2) is 11.5 Å². The predicted octanol–water partition coefficient (Wildman–Crippen LogP) is 2.47. The van der Waals surface area contributed by atoms with Crippen LogP contribution in [0.4, 0.5) is 0 Å². The summed E-state index contributed by atoms with van der Waals surface area (Å²) >= 11 is 0. The lowest BCUT2D eigenvalue weighted by atomic mass is 9.95. The van der Waals surface area contributed by atoms with Crippen molar-refractivity contribution in [3.8, 4) is 11.5 Å². The maximum atomic E-state index is 10.5. The van der Waals surface area contributed by atoms with Crippen molar-refractivity contribution in [2.24, 2.45) is 11.8 Å². The number of rotatable bonds is 4. The Morgan fingerprint density at radius 2 is 2.00 bits per heavy atom. The van der Waals surface area contributed by atoms with E-state index in [0.29, 0.717) is 19.8 Å². The largest absolute Gasteiger partial charge is 0.486 e. The molecule has 0 amide bonds. The van der Waals surface area contributed by atoms with Gasteiger partial charge in [-0.15, -0.1) is 0 Å². The van der Waals surface area contributed by atoms with E-state index in [4.69, 9.17) is 9.47 Å². The topological polar surface area (TPSA) is 41.9 Å². The molecule has 2 unspecified atom stereocenters. The summed E-state index contributed by atoms with van der Waals surface area (Å²) in [5.41, 5.74) is 0.909. The van der Waals surface area contributed by atoms with E-state index in [0.717, 1.165) is 42.0 Å². The van der Waals surface area contributed by atoms with Crippen molar-refractivity contribution in [3.63, 3.8) is 0 Å². The second-order valence-corrected chi connectivity index (χ2v) is 6.47. The number of hydrogen-bond donors (Lipinski definition) is 1. The Kier molecular flexibility index (Phi) is 4.36. The van der Waals surface area contributed by atoms with E-state index in [2.05, 4.69) is 18.7 Å². The van der Waals surface area contributed by atoms with Crippen LogP contribution < -0.4 is 9.47 Å². The molecule has 1 aromatic carbocycles. The van der Waals surface area contributed by atoms with Crippen LogP contribution in [0, 0.1) is 11.8 Å². The first-order chi connectivity index (χ1) is 10.1. The molecule has 0 aliphatic carbocycles. The average Bonchev–Trinajstić information content (AvgIpc) is 2.95. The number of ether oxygens (including phenoxy) is 2. The molecule has 2 aliphatic rings. The van der Waals surface area contributed by atoms with E-state index in [1.165, 1.54) is 6.42 Å². The number of fused-ring (bicyclic) bond motifs is 1. The van der Waals surface area contributed by atoms with Gasteiger partial charge in [0.1, 0.15) is 13.2 Å². The number of likely N-dealkylation sites (tertiary alicyclic amines) is 1. The lowest BCUT2D eigenvalue weighted by Gasteiger charge is -2.23. The molecular weight excluding hydrogens is 266 g/mol. The van der Waals surface area contributed by atoms with Gasteiger partial charge in [0, 0.05) is 13.1 Å². The van der Waals surface area contributed by atoms with E-state index >= 15 is 0 Å². The van der Waals surface area contributed by atoms with Crippen molar-refractivity contribution in [1.82, 2.24) is 4.90 Å². The summed E-state index contributed by atoms with van der Waals surface area (Å²) in [6, 6.07) is 5.75. The molecule has 0 aromatic heterocycles. The molecule has 116 valence electrons. The summed E-state index contributed by atoms with van der Waals surface area (Å²) in [6.07, 6.45) is 0.776. The van der Waals surface area contributed by atoms with Crippen molar-refractivity contribution >= 4 is 0 Å². The Morgan fingerprint density at radius 3 is 2.71 bits per heavy atom. The van der Waals surface area contributed by atoms with Crippen molar-refractivity contribution in [2.75, 3.05) is 32.8 Å². The number of hydrogen-bond acceptors (Lipinski definition) is 4. The van der Waals surface area contributed by atoms with Crippen LogP contribution in [-0.4, -0.2) is 42.9 Å².